The van der Waals surface area contributed by atoms with Crippen molar-refractivity contribution in [1.82, 2.24) is 15.1 Å². The van der Waals surface area contributed by atoms with E-state index < -0.39 is 5.97 Å². The Morgan fingerprint density at radius 2 is 1.74 bits per heavy atom. The van der Waals surface area contributed by atoms with E-state index in [-0.39, 0.29) is 12.3 Å². The molecule has 0 bridgehead atoms. The molecule has 19 heavy (non-hydrogen) atoms. The number of amides is 1. The van der Waals surface area contributed by atoms with Crippen LogP contribution in [0.3, 0.4) is 0 Å². The lowest BCUT2D eigenvalue weighted by atomic mass is 10.2. The fourth-order valence-corrected chi connectivity index (χ4v) is 2.00. The van der Waals surface area contributed by atoms with Gasteiger partial charge in [-0.15, -0.1) is 0 Å². The quantitative estimate of drug-likeness (QED) is 0.674. The minimum atomic E-state index is -0.754. The minimum absolute atomic E-state index is 0.0766. The van der Waals surface area contributed by atoms with E-state index in [1.807, 2.05) is 0 Å². The van der Waals surface area contributed by atoms with Crippen LogP contribution >= 0.6 is 0 Å². The molecule has 0 aromatic carbocycles. The molecule has 0 unspecified atom stereocenters. The van der Waals surface area contributed by atoms with Gasteiger partial charge in [0.15, 0.2) is 0 Å². The molecule has 0 aromatic heterocycles. The number of nitrogens with zero attached hydrogens (tertiary/aromatic N) is 2. The molecule has 1 aliphatic rings. The zero-order chi connectivity index (χ0) is 14.3. The van der Waals surface area contributed by atoms with Gasteiger partial charge in [-0.1, -0.05) is 13.8 Å². The van der Waals surface area contributed by atoms with Crippen molar-refractivity contribution in [2.24, 2.45) is 5.92 Å². The molecule has 6 nitrogen and oxygen atoms in total. The second kappa shape index (κ2) is 8.12. The Morgan fingerprint density at radius 1 is 1.16 bits per heavy atom. The van der Waals surface area contributed by atoms with Crippen molar-refractivity contribution >= 4 is 11.9 Å². The Morgan fingerprint density at radius 3 is 2.26 bits per heavy atom. The molecule has 0 aliphatic carbocycles. The first kappa shape index (κ1) is 15.9. The van der Waals surface area contributed by atoms with Crippen LogP contribution in [0.5, 0.6) is 0 Å². The molecule has 1 rings (SSSR count). The summed E-state index contributed by atoms with van der Waals surface area (Å²) >= 11 is 0. The third kappa shape index (κ3) is 7.12. The van der Waals surface area contributed by atoms with Gasteiger partial charge >= 0.3 is 5.97 Å². The van der Waals surface area contributed by atoms with Crippen molar-refractivity contribution in [3.05, 3.63) is 0 Å². The predicted molar refractivity (Wildman–Crippen MR) is 73.0 cm³/mol. The third-order valence-electron chi connectivity index (χ3n) is 3.18. The molecule has 0 saturated carbocycles. The molecular formula is C13H25N3O3. The highest BCUT2D eigenvalue weighted by Gasteiger charge is 2.19. The molecule has 1 saturated heterocycles. The maximum absolute atomic E-state index is 11.7. The fourth-order valence-electron chi connectivity index (χ4n) is 2.00. The Kier molecular flexibility index (Phi) is 6.80. The summed E-state index contributed by atoms with van der Waals surface area (Å²) in [5.41, 5.74) is 0. The maximum Gasteiger partial charge on any atom is 0.304 e. The summed E-state index contributed by atoms with van der Waals surface area (Å²) in [5, 5.41) is 11.5. The van der Waals surface area contributed by atoms with E-state index in [0.29, 0.717) is 19.0 Å². The van der Waals surface area contributed by atoms with Crippen LogP contribution in [0.4, 0.5) is 0 Å². The molecule has 0 spiro atoms. The lowest BCUT2D eigenvalue weighted by Gasteiger charge is -2.34. The lowest BCUT2D eigenvalue weighted by Crippen LogP contribution is -2.50. The van der Waals surface area contributed by atoms with Gasteiger partial charge in [-0.25, -0.2) is 0 Å². The van der Waals surface area contributed by atoms with Crippen LogP contribution in [0.2, 0.25) is 0 Å². The maximum atomic E-state index is 11.7. The van der Waals surface area contributed by atoms with Gasteiger partial charge in [0.05, 0.1) is 13.0 Å². The van der Waals surface area contributed by atoms with Gasteiger partial charge in [-0.3, -0.25) is 14.5 Å². The number of carbonyl (C=O) groups is 2. The first-order chi connectivity index (χ1) is 8.97. The molecule has 1 amide bonds. The predicted octanol–water partition coefficient (Wildman–Crippen LogP) is -0.149. The van der Waals surface area contributed by atoms with Gasteiger partial charge in [0, 0.05) is 39.3 Å². The molecule has 2 N–H and O–H groups in total. The number of rotatable bonds is 7. The number of piperazine rings is 1. The monoisotopic (exact) mass is 271 g/mol. The second-order valence-corrected chi connectivity index (χ2v) is 5.46. The highest BCUT2D eigenvalue weighted by molar-refractivity contribution is 5.78. The summed E-state index contributed by atoms with van der Waals surface area (Å²) in [7, 11) is 0. The third-order valence-corrected chi connectivity index (χ3v) is 3.18. The van der Waals surface area contributed by atoms with E-state index in [1.165, 1.54) is 0 Å². The number of nitrogens with one attached hydrogen (secondary N) is 1. The Balaban J connectivity index is 2.15. The van der Waals surface area contributed by atoms with Crippen molar-refractivity contribution in [3.8, 4) is 0 Å². The Bertz CT molecular complexity index is 300. The van der Waals surface area contributed by atoms with Crippen LogP contribution in [-0.2, 0) is 9.59 Å². The summed E-state index contributed by atoms with van der Waals surface area (Å²) < 4.78 is 0. The van der Waals surface area contributed by atoms with E-state index in [0.717, 1.165) is 32.7 Å². The second-order valence-electron chi connectivity index (χ2n) is 5.46. The van der Waals surface area contributed by atoms with Crippen molar-refractivity contribution in [3.63, 3.8) is 0 Å². The molecule has 110 valence electrons. The SMILES string of the molecule is CC(C)CNC(=O)CN1CCN(CCC(=O)O)CC1. The summed E-state index contributed by atoms with van der Waals surface area (Å²) in [6, 6.07) is 0. The van der Waals surface area contributed by atoms with Gasteiger partial charge in [-0.2, -0.15) is 0 Å². The van der Waals surface area contributed by atoms with Crippen LogP contribution in [-0.4, -0.2) is 72.6 Å². The molecule has 6 heteroatoms. The van der Waals surface area contributed by atoms with Gasteiger partial charge in [0.1, 0.15) is 0 Å². The van der Waals surface area contributed by atoms with E-state index >= 15 is 0 Å². The van der Waals surface area contributed by atoms with E-state index in [2.05, 4.69) is 29.0 Å². The summed E-state index contributed by atoms with van der Waals surface area (Å²) in [6.07, 6.45) is 0.189. The Labute approximate surface area is 114 Å². The molecule has 0 atom stereocenters. The topological polar surface area (TPSA) is 72.9 Å². The number of hydrogen-bond donors (Lipinski definition) is 2. The summed E-state index contributed by atoms with van der Waals surface area (Å²) in [5.74, 6) is -0.208. The Hall–Kier alpha value is -1.14. The highest BCUT2D eigenvalue weighted by atomic mass is 16.4. The van der Waals surface area contributed by atoms with Crippen molar-refractivity contribution in [2.45, 2.75) is 20.3 Å². The van der Waals surface area contributed by atoms with E-state index in [1.54, 1.807) is 0 Å². The van der Waals surface area contributed by atoms with Gasteiger partial charge in [-0.05, 0) is 5.92 Å². The number of carbonyl (C=O) groups excluding carboxylic acids is 1. The standard InChI is InChI=1S/C13H25N3O3/c1-11(2)9-14-12(17)10-16-7-5-15(6-8-16)4-3-13(18)19/h11H,3-10H2,1-2H3,(H,14,17)(H,18,19). The minimum Gasteiger partial charge on any atom is -0.481 e. The lowest BCUT2D eigenvalue weighted by molar-refractivity contribution is -0.137. The molecular weight excluding hydrogens is 246 g/mol. The van der Waals surface area contributed by atoms with Crippen molar-refractivity contribution in [2.75, 3.05) is 45.8 Å². The fraction of sp³-hybridized carbons (Fsp3) is 0.846. The summed E-state index contributed by atoms with van der Waals surface area (Å²) in [4.78, 5) is 26.4. The normalized spacial score (nSPS) is 17.6. The summed E-state index contributed by atoms with van der Waals surface area (Å²) in [6.45, 7) is 9.24. The first-order valence-corrected chi connectivity index (χ1v) is 6.90. The van der Waals surface area contributed by atoms with Gasteiger partial charge < -0.3 is 15.3 Å². The van der Waals surface area contributed by atoms with Crippen LogP contribution in [0, 0.1) is 5.92 Å². The molecule has 1 heterocycles. The van der Waals surface area contributed by atoms with Gasteiger partial charge in [0.2, 0.25) is 5.91 Å². The van der Waals surface area contributed by atoms with E-state index in [4.69, 9.17) is 5.11 Å². The zero-order valence-electron chi connectivity index (χ0n) is 11.9. The smallest absolute Gasteiger partial charge is 0.304 e. The number of carboxylic acids is 1. The van der Waals surface area contributed by atoms with Crippen molar-refractivity contribution in [1.29, 1.82) is 0 Å². The van der Waals surface area contributed by atoms with E-state index in [9.17, 15) is 9.59 Å². The van der Waals surface area contributed by atoms with Crippen LogP contribution in [0.1, 0.15) is 20.3 Å². The average Bonchev–Trinajstić information content (AvgIpc) is 2.35. The average molecular weight is 271 g/mol. The largest absolute Gasteiger partial charge is 0.481 e. The number of hydrogen-bond acceptors (Lipinski definition) is 4. The first-order valence-electron chi connectivity index (χ1n) is 6.90. The van der Waals surface area contributed by atoms with Crippen molar-refractivity contribution < 1.29 is 14.7 Å². The van der Waals surface area contributed by atoms with Crippen LogP contribution < -0.4 is 5.32 Å². The van der Waals surface area contributed by atoms with Crippen LogP contribution in [0.25, 0.3) is 0 Å². The molecule has 1 fully saturated rings. The number of carboxylic acid groups (broad SMARTS) is 1. The van der Waals surface area contributed by atoms with Crippen LogP contribution in [0.15, 0.2) is 0 Å². The zero-order valence-corrected chi connectivity index (χ0v) is 11.9. The molecule has 0 aromatic rings. The molecule has 0 radical (unpaired) electrons. The molecule has 1 aliphatic heterocycles. The number of aliphatic carboxylic acids is 1. The highest BCUT2D eigenvalue weighted by Crippen LogP contribution is 2.02. The van der Waals surface area contributed by atoms with Gasteiger partial charge in [0.25, 0.3) is 0 Å².